The van der Waals surface area contributed by atoms with Gasteiger partial charge in [-0.05, 0) is 59.2 Å². The highest BCUT2D eigenvalue weighted by atomic mass is 32.1. The average molecular weight is 822 g/mol. The quantitative estimate of drug-likeness (QED) is 0.168. The minimum atomic E-state index is 0.566. The van der Waals surface area contributed by atoms with E-state index in [2.05, 4.69) is 203 Å². The maximum atomic E-state index is 5.48. The van der Waals surface area contributed by atoms with Gasteiger partial charge in [0.05, 0.1) is 22.1 Å². The summed E-state index contributed by atoms with van der Waals surface area (Å²) in [5.74, 6) is 1.79. The zero-order valence-corrected chi connectivity index (χ0v) is 34.7. The van der Waals surface area contributed by atoms with Gasteiger partial charge in [0.15, 0.2) is 11.6 Å². The molecule has 6 heteroatoms. The van der Waals surface area contributed by atoms with E-state index in [-0.39, 0.29) is 0 Å². The van der Waals surface area contributed by atoms with Gasteiger partial charge in [-0.1, -0.05) is 170 Å². The van der Waals surface area contributed by atoms with E-state index in [9.17, 15) is 0 Å². The number of aromatic nitrogens is 5. The molecule has 4 heterocycles. The number of fused-ring (bicyclic) bond motifs is 9. The van der Waals surface area contributed by atoms with Crippen molar-refractivity contribution in [1.29, 1.82) is 0 Å². The molecule has 0 bridgehead atoms. The first kappa shape index (κ1) is 35.6. The van der Waals surface area contributed by atoms with E-state index in [1.807, 2.05) is 29.5 Å². The molecule has 0 aliphatic carbocycles. The number of nitrogens with zero attached hydrogens (tertiary/aromatic N) is 5. The van der Waals surface area contributed by atoms with E-state index in [4.69, 9.17) is 15.0 Å². The third-order valence-corrected chi connectivity index (χ3v) is 13.6. The molecule has 0 spiro atoms. The first-order chi connectivity index (χ1) is 31.2. The van der Waals surface area contributed by atoms with E-state index < -0.39 is 0 Å². The molecule has 0 atom stereocenters. The molecular formula is C57H35N5S. The van der Waals surface area contributed by atoms with Crippen molar-refractivity contribution in [3.63, 3.8) is 0 Å². The number of hydrogen-bond acceptors (Lipinski definition) is 4. The van der Waals surface area contributed by atoms with Crippen LogP contribution in [-0.2, 0) is 0 Å². The first-order valence-electron chi connectivity index (χ1n) is 21.2. The lowest BCUT2D eigenvalue weighted by Gasteiger charge is -2.16. The van der Waals surface area contributed by atoms with Crippen LogP contribution in [0.5, 0.6) is 0 Å². The number of thiophene rings is 1. The minimum Gasteiger partial charge on any atom is -0.309 e. The van der Waals surface area contributed by atoms with Crippen LogP contribution in [0.2, 0.25) is 0 Å². The lowest BCUT2D eigenvalue weighted by Crippen LogP contribution is -2.07. The predicted molar refractivity (Wildman–Crippen MR) is 263 cm³/mol. The summed E-state index contributed by atoms with van der Waals surface area (Å²) in [6, 6.07) is 75.6. The molecule has 13 rings (SSSR count). The Bertz CT molecular complexity index is 3860. The maximum absolute atomic E-state index is 5.48. The molecule has 0 saturated heterocycles. The highest BCUT2D eigenvalue weighted by Crippen LogP contribution is 2.45. The van der Waals surface area contributed by atoms with E-state index in [0.717, 1.165) is 60.9 Å². The highest BCUT2D eigenvalue weighted by Gasteiger charge is 2.23. The number of para-hydroxylation sites is 3. The zero-order chi connectivity index (χ0) is 41.4. The van der Waals surface area contributed by atoms with Crippen molar-refractivity contribution in [2.75, 3.05) is 0 Å². The molecule has 0 radical (unpaired) electrons. The fourth-order valence-electron chi connectivity index (χ4n) is 9.55. The molecule has 0 fully saturated rings. The van der Waals surface area contributed by atoms with Crippen LogP contribution in [0, 0.1) is 0 Å². The molecule has 9 aromatic carbocycles. The molecule has 13 aromatic rings. The molecular weight excluding hydrogens is 787 g/mol. The van der Waals surface area contributed by atoms with Crippen LogP contribution < -0.4 is 0 Å². The van der Waals surface area contributed by atoms with Crippen molar-refractivity contribution >= 4 is 75.1 Å². The predicted octanol–water partition coefficient (Wildman–Crippen LogP) is 15.1. The van der Waals surface area contributed by atoms with Crippen LogP contribution in [0.3, 0.4) is 0 Å². The molecule has 0 unspecified atom stereocenters. The van der Waals surface area contributed by atoms with Gasteiger partial charge in [-0.25, -0.2) is 4.98 Å². The van der Waals surface area contributed by atoms with Crippen LogP contribution in [0.4, 0.5) is 0 Å². The Morgan fingerprint density at radius 2 is 0.857 bits per heavy atom. The summed E-state index contributed by atoms with van der Waals surface area (Å²) in [6.07, 6.45) is 0. The van der Waals surface area contributed by atoms with Crippen molar-refractivity contribution in [3.05, 3.63) is 212 Å². The van der Waals surface area contributed by atoms with Crippen LogP contribution in [-0.4, -0.2) is 24.1 Å². The molecule has 5 nitrogen and oxygen atoms in total. The SMILES string of the molecule is c1ccc(-c2ccc3c4ccccc4n(-c4nc(-c5ccccc5)nc(-c5ccccc5-c5cc(-n6c7ccccc7c7ccccc76)cc6c5sc5ccccc56)n4)c3c2)cc1. The third-order valence-electron chi connectivity index (χ3n) is 12.4. The zero-order valence-electron chi connectivity index (χ0n) is 33.9. The van der Waals surface area contributed by atoms with Crippen molar-refractivity contribution in [3.8, 4) is 56.7 Å². The monoisotopic (exact) mass is 821 g/mol. The van der Waals surface area contributed by atoms with Gasteiger partial charge in [-0.2, -0.15) is 9.97 Å². The smallest absolute Gasteiger partial charge is 0.238 e. The molecule has 63 heavy (non-hydrogen) atoms. The summed E-state index contributed by atoms with van der Waals surface area (Å²) < 4.78 is 7.11. The molecule has 0 aliphatic heterocycles. The van der Waals surface area contributed by atoms with Crippen molar-refractivity contribution in [2.24, 2.45) is 0 Å². The lowest BCUT2D eigenvalue weighted by atomic mass is 9.96. The maximum Gasteiger partial charge on any atom is 0.238 e. The second-order valence-corrected chi connectivity index (χ2v) is 17.0. The number of hydrogen-bond donors (Lipinski definition) is 0. The average Bonchev–Trinajstić information content (AvgIpc) is 4.02. The van der Waals surface area contributed by atoms with Crippen molar-refractivity contribution < 1.29 is 0 Å². The number of benzene rings is 9. The Hall–Kier alpha value is -8.19. The molecule has 4 aromatic heterocycles. The normalized spacial score (nSPS) is 11.8. The molecule has 0 aliphatic rings. The van der Waals surface area contributed by atoms with Gasteiger partial charge in [0, 0.05) is 64.1 Å². The van der Waals surface area contributed by atoms with Gasteiger partial charge in [-0.3, -0.25) is 4.57 Å². The summed E-state index contributed by atoms with van der Waals surface area (Å²) in [5.41, 5.74) is 11.9. The van der Waals surface area contributed by atoms with Crippen molar-refractivity contribution in [2.45, 2.75) is 0 Å². The van der Waals surface area contributed by atoms with Gasteiger partial charge in [-0.15, -0.1) is 11.3 Å². The summed E-state index contributed by atoms with van der Waals surface area (Å²) >= 11 is 1.84. The van der Waals surface area contributed by atoms with Crippen LogP contribution in [0.1, 0.15) is 0 Å². The van der Waals surface area contributed by atoms with Crippen LogP contribution in [0.25, 0.3) is 120 Å². The summed E-state index contributed by atoms with van der Waals surface area (Å²) in [6.45, 7) is 0. The Morgan fingerprint density at radius 1 is 0.317 bits per heavy atom. The molecule has 294 valence electrons. The molecule has 0 N–H and O–H groups in total. The van der Waals surface area contributed by atoms with Crippen LogP contribution in [0.15, 0.2) is 212 Å². The minimum absolute atomic E-state index is 0.566. The third kappa shape index (κ3) is 5.66. The van der Waals surface area contributed by atoms with Gasteiger partial charge in [0.2, 0.25) is 5.95 Å². The Labute approximate surface area is 366 Å². The topological polar surface area (TPSA) is 48.5 Å². The van der Waals surface area contributed by atoms with Gasteiger partial charge in [0.1, 0.15) is 0 Å². The second-order valence-electron chi connectivity index (χ2n) is 16.0. The summed E-state index contributed by atoms with van der Waals surface area (Å²) in [4.78, 5) is 16.1. The Morgan fingerprint density at radius 3 is 1.56 bits per heavy atom. The summed E-state index contributed by atoms with van der Waals surface area (Å²) in [7, 11) is 0. The molecule has 0 saturated carbocycles. The van der Waals surface area contributed by atoms with E-state index in [1.54, 1.807) is 0 Å². The lowest BCUT2D eigenvalue weighted by molar-refractivity contribution is 0.954. The number of rotatable bonds is 6. The van der Waals surface area contributed by atoms with E-state index in [0.29, 0.717) is 17.6 Å². The molecule has 0 amide bonds. The standard InChI is InChI=1S/C57H35N5S/c1-3-17-36(18-4-1)38-31-32-44-43-24-11-15-29-51(43)62(52(44)33-38)57-59-55(37-19-5-2-6-20-37)58-56(60-57)46-26-8-7-21-40(46)47-34-39(35-48-45-25-12-16-30-53(45)63-54(47)48)61-49-27-13-9-22-41(49)42-23-10-14-28-50(42)61/h1-35H. The van der Waals surface area contributed by atoms with Crippen LogP contribution >= 0.6 is 11.3 Å². The summed E-state index contributed by atoms with van der Waals surface area (Å²) in [5, 5.41) is 7.22. The Balaban J connectivity index is 1.09. The largest absolute Gasteiger partial charge is 0.309 e. The fraction of sp³-hybridized carbons (Fsp3) is 0. The van der Waals surface area contributed by atoms with Crippen molar-refractivity contribution in [1.82, 2.24) is 24.1 Å². The highest BCUT2D eigenvalue weighted by molar-refractivity contribution is 7.26. The van der Waals surface area contributed by atoms with Gasteiger partial charge in [0.25, 0.3) is 0 Å². The van der Waals surface area contributed by atoms with E-state index in [1.165, 1.54) is 42.0 Å². The van der Waals surface area contributed by atoms with E-state index >= 15 is 0 Å². The fourth-order valence-corrected chi connectivity index (χ4v) is 10.8. The van der Waals surface area contributed by atoms with Gasteiger partial charge < -0.3 is 4.57 Å². The first-order valence-corrected chi connectivity index (χ1v) is 22.0. The second kappa shape index (κ2) is 14.2. The Kier molecular flexibility index (Phi) is 8.01. The van der Waals surface area contributed by atoms with Gasteiger partial charge >= 0.3 is 0 Å².